The summed E-state index contributed by atoms with van der Waals surface area (Å²) >= 11 is 6.13. The van der Waals surface area contributed by atoms with E-state index in [4.69, 9.17) is 11.6 Å². The van der Waals surface area contributed by atoms with Gasteiger partial charge in [-0.3, -0.25) is 14.4 Å². The van der Waals surface area contributed by atoms with E-state index in [1.165, 1.54) is 12.1 Å². The van der Waals surface area contributed by atoms with Gasteiger partial charge in [0.05, 0.1) is 33.3 Å². The molecule has 2 atom stereocenters. The van der Waals surface area contributed by atoms with Crippen molar-refractivity contribution in [2.75, 3.05) is 6.54 Å². The van der Waals surface area contributed by atoms with Crippen molar-refractivity contribution in [2.24, 2.45) is 5.92 Å². The first-order valence-corrected chi connectivity index (χ1v) is 13.0. The van der Waals surface area contributed by atoms with Crippen LogP contribution in [-0.4, -0.2) is 50.2 Å². The number of nitrogens with zero attached hydrogens (tertiary/aromatic N) is 3. The van der Waals surface area contributed by atoms with Gasteiger partial charge in [-0.25, -0.2) is 0 Å². The van der Waals surface area contributed by atoms with Crippen LogP contribution in [0.2, 0.25) is 5.02 Å². The Morgan fingerprint density at radius 3 is 2.49 bits per heavy atom. The maximum atomic E-state index is 13.8. The zero-order chi connectivity index (χ0) is 28.1. The molecule has 0 bridgehead atoms. The van der Waals surface area contributed by atoms with Crippen LogP contribution in [0, 0.1) is 5.92 Å². The van der Waals surface area contributed by atoms with Gasteiger partial charge in [0.25, 0.3) is 11.8 Å². The number of aliphatic carboxylic acids is 1. The Morgan fingerprint density at radius 2 is 1.87 bits per heavy atom. The molecule has 5 rings (SSSR count). The number of fused-ring (bicyclic) bond motifs is 1. The minimum Gasteiger partial charge on any atom is -0.481 e. The maximum absolute atomic E-state index is 13.8. The zero-order valence-electron chi connectivity index (χ0n) is 21.0. The number of carboxylic acid groups (broad SMARTS) is 1. The summed E-state index contributed by atoms with van der Waals surface area (Å²) in [6.07, 6.45) is -0.383. The minimum absolute atomic E-state index is 0.0438. The average Bonchev–Trinajstić information content (AvgIpc) is 3.50. The van der Waals surface area contributed by atoms with Gasteiger partial charge in [0.1, 0.15) is 0 Å². The van der Waals surface area contributed by atoms with Crippen LogP contribution in [-0.2, 0) is 11.0 Å². The molecule has 1 N–H and O–H groups in total. The van der Waals surface area contributed by atoms with Crippen molar-refractivity contribution in [1.82, 2.24) is 14.7 Å². The number of allylic oxidation sites excluding steroid dienone is 2. The van der Waals surface area contributed by atoms with Gasteiger partial charge in [0.2, 0.25) is 0 Å². The number of likely N-dealkylation sites (tertiary alicyclic amines) is 1. The average molecular weight is 560 g/mol. The first-order valence-electron chi connectivity index (χ1n) is 12.6. The number of halogens is 4. The van der Waals surface area contributed by atoms with E-state index >= 15 is 0 Å². The van der Waals surface area contributed by atoms with E-state index in [0.29, 0.717) is 36.0 Å². The molecule has 1 aliphatic heterocycles. The van der Waals surface area contributed by atoms with Crippen molar-refractivity contribution >= 4 is 45.9 Å². The van der Waals surface area contributed by atoms with Crippen LogP contribution in [0.1, 0.15) is 71.0 Å². The Labute approximate surface area is 226 Å². The number of benzene rings is 2. The fourth-order valence-corrected chi connectivity index (χ4v) is 5.65. The van der Waals surface area contributed by atoms with Gasteiger partial charge in [-0.1, -0.05) is 23.7 Å². The van der Waals surface area contributed by atoms with Crippen molar-refractivity contribution in [3.8, 4) is 0 Å². The molecule has 1 amide bonds. The highest BCUT2D eigenvalue weighted by atomic mass is 35.5. The summed E-state index contributed by atoms with van der Waals surface area (Å²) < 4.78 is 42.4. The van der Waals surface area contributed by atoms with Crippen LogP contribution in [0.25, 0.3) is 16.5 Å². The molecule has 2 unspecified atom stereocenters. The van der Waals surface area contributed by atoms with Gasteiger partial charge in [0, 0.05) is 23.5 Å². The molecule has 0 spiro atoms. The Balaban J connectivity index is 1.67. The Kier molecular flexibility index (Phi) is 7.00. The number of aromatic nitrogens is 2. The van der Waals surface area contributed by atoms with E-state index in [1.54, 1.807) is 23.1 Å². The molecule has 3 aromatic rings. The fourth-order valence-electron chi connectivity index (χ4n) is 5.40. The number of carboxylic acids is 1. The summed E-state index contributed by atoms with van der Waals surface area (Å²) in [4.78, 5) is 40.1. The van der Waals surface area contributed by atoms with Crippen LogP contribution < -0.4 is 0 Å². The van der Waals surface area contributed by atoms with Crippen LogP contribution in [0.15, 0.2) is 42.5 Å². The molecule has 1 aromatic heterocycles. The number of rotatable bonds is 4. The van der Waals surface area contributed by atoms with E-state index in [0.717, 1.165) is 29.7 Å². The largest absolute Gasteiger partial charge is 0.481 e. The molecule has 1 aliphatic carbocycles. The minimum atomic E-state index is -4.84. The summed E-state index contributed by atoms with van der Waals surface area (Å²) in [5, 5.41) is 13.9. The Morgan fingerprint density at radius 1 is 1.10 bits per heavy atom. The number of carbonyl (C=O) groups excluding carboxylic acids is 2. The molecule has 0 saturated carbocycles. The SMILES string of the molecule is CC1CCCN1C(=O)c1ccc2c(C3=CCC(C(=O)O)CC3)nn(C(=O)c3c(Cl)cccc3C(F)(F)F)c2c1. The summed E-state index contributed by atoms with van der Waals surface area (Å²) in [6, 6.07) is 7.88. The molecule has 11 heteroatoms. The van der Waals surface area contributed by atoms with Gasteiger partial charge >= 0.3 is 12.1 Å². The Bertz CT molecular complexity index is 1530. The number of carbonyl (C=O) groups is 3. The molecule has 2 aromatic carbocycles. The molecule has 7 nitrogen and oxygen atoms in total. The van der Waals surface area contributed by atoms with Crippen molar-refractivity contribution in [3.63, 3.8) is 0 Å². The topological polar surface area (TPSA) is 92.5 Å². The standard InChI is InChI=1S/C28H25ClF3N3O4/c1-15-4-3-13-34(15)25(36)18-11-12-19-22(14-18)35(33-24(19)16-7-9-17(10-8-16)27(38)39)26(37)23-20(28(30,31)32)5-2-6-21(23)29/h2,5-7,11-12,14-15,17H,3-4,8-10,13H2,1H3,(H,38,39). The summed E-state index contributed by atoms with van der Waals surface area (Å²) in [5.41, 5.74) is -0.430. The number of hydrogen-bond acceptors (Lipinski definition) is 4. The van der Waals surface area contributed by atoms with E-state index in [-0.39, 0.29) is 34.5 Å². The van der Waals surface area contributed by atoms with E-state index in [2.05, 4.69) is 5.10 Å². The molecule has 1 fully saturated rings. The fraction of sp³-hybridized carbons (Fsp3) is 0.357. The molecule has 1 saturated heterocycles. The lowest BCUT2D eigenvalue weighted by Gasteiger charge is -2.21. The first-order chi connectivity index (χ1) is 18.5. The van der Waals surface area contributed by atoms with Crippen LogP contribution in [0.4, 0.5) is 13.2 Å². The summed E-state index contributed by atoms with van der Waals surface area (Å²) in [7, 11) is 0. The molecular weight excluding hydrogens is 535 g/mol. The van der Waals surface area contributed by atoms with Gasteiger partial charge in [-0.2, -0.15) is 23.0 Å². The lowest BCUT2D eigenvalue weighted by atomic mass is 9.87. The molecular formula is C28H25ClF3N3O4. The molecule has 39 heavy (non-hydrogen) atoms. The van der Waals surface area contributed by atoms with Crippen molar-refractivity contribution < 1.29 is 32.7 Å². The predicted molar refractivity (Wildman–Crippen MR) is 139 cm³/mol. The van der Waals surface area contributed by atoms with Crippen molar-refractivity contribution in [2.45, 2.75) is 51.2 Å². The second-order valence-corrected chi connectivity index (χ2v) is 10.4. The third-order valence-corrected chi connectivity index (χ3v) is 7.85. The predicted octanol–water partition coefficient (Wildman–Crippen LogP) is 6.29. The third kappa shape index (κ3) is 4.93. The van der Waals surface area contributed by atoms with E-state index in [1.807, 2.05) is 6.92 Å². The smallest absolute Gasteiger partial charge is 0.417 e. The third-order valence-electron chi connectivity index (χ3n) is 7.53. The van der Waals surface area contributed by atoms with Gasteiger partial charge in [-0.05, 0) is 74.9 Å². The van der Waals surface area contributed by atoms with E-state index in [9.17, 15) is 32.7 Å². The van der Waals surface area contributed by atoms with Crippen molar-refractivity contribution in [1.29, 1.82) is 0 Å². The number of amides is 1. The van der Waals surface area contributed by atoms with E-state index < -0.39 is 35.1 Å². The first kappa shape index (κ1) is 26.9. The monoisotopic (exact) mass is 559 g/mol. The lowest BCUT2D eigenvalue weighted by molar-refractivity contribution is -0.142. The molecule has 0 radical (unpaired) electrons. The number of alkyl halides is 3. The quantitative estimate of drug-likeness (QED) is 0.405. The van der Waals surface area contributed by atoms with Crippen LogP contribution in [0.5, 0.6) is 0 Å². The molecule has 2 aliphatic rings. The number of hydrogen-bond donors (Lipinski definition) is 1. The maximum Gasteiger partial charge on any atom is 0.417 e. The molecule has 204 valence electrons. The van der Waals surface area contributed by atoms with Crippen LogP contribution in [0.3, 0.4) is 0 Å². The van der Waals surface area contributed by atoms with Gasteiger partial charge < -0.3 is 10.0 Å². The second kappa shape index (κ2) is 10.1. The van der Waals surface area contributed by atoms with Crippen molar-refractivity contribution in [3.05, 3.63) is 69.9 Å². The second-order valence-electron chi connectivity index (χ2n) is 9.99. The summed E-state index contributed by atoms with van der Waals surface area (Å²) in [6.45, 7) is 2.54. The Hall–Kier alpha value is -3.66. The van der Waals surface area contributed by atoms with Gasteiger partial charge in [-0.15, -0.1) is 0 Å². The highest BCUT2D eigenvalue weighted by molar-refractivity contribution is 6.34. The zero-order valence-corrected chi connectivity index (χ0v) is 21.7. The summed E-state index contributed by atoms with van der Waals surface area (Å²) in [5.74, 6) is -2.77. The van der Waals surface area contributed by atoms with Crippen LogP contribution >= 0.6 is 11.6 Å². The normalized spacial score (nSPS) is 19.8. The lowest BCUT2D eigenvalue weighted by Crippen LogP contribution is -2.33. The highest BCUT2D eigenvalue weighted by Gasteiger charge is 2.38. The van der Waals surface area contributed by atoms with Gasteiger partial charge in [0.15, 0.2) is 0 Å². The highest BCUT2D eigenvalue weighted by Crippen LogP contribution is 2.38. The molecule has 2 heterocycles.